The van der Waals surface area contributed by atoms with E-state index in [1.54, 1.807) is 18.2 Å². The van der Waals surface area contributed by atoms with E-state index in [1.807, 2.05) is 0 Å². The average Bonchev–Trinajstić information content (AvgIpc) is 2.61. The number of rotatable bonds is 7. The van der Waals surface area contributed by atoms with Gasteiger partial charge in [0.2, 0.25) is 5.91 Å². The lowest BCUT2D eigenvalue weighted by Gasteiger charge is -2.12. The number of carbonyl (C=O) groups is 1. The summed E-state index contributed by atoms with van der Waals surface area (Å²) in [7, 11) is 2.91. The van der Waals surface area contributed by atoms with Crippen molar-refractivity contribution in [3.8, 4) is 17.2 Å². The fraction of sp³-hybridized carbons (Fsp3) is 0.167. The zero-order chi connectivity index (χ0) is 19.1. The Morgan fingerprint density at radius 2 is 1.77 bits per heavy atom. The van der Waals surface area contributed by atoms with Crippen molar-refractivity contribution in [1.82, 2.24) is 0 Å². The molecule has 5 nitrogen and oxygen atoms in total. The summed E-state index contributed by atoms with van der Waals surface area (Å²) in [5.41, 5.74) is 1.03. The fourth-order valence-corrected chi connectivity index (χ4v) is 2.30. The molecule has 2 aromatic rings. The van der Waals surface area contributed by atoms with Crippen molar-refractivity contribution in [2.24, 2.45) is 0 Å². The second-order valence-electron chi connectivity index (χ2n) is 4.96. The van der Waals surface area contributed by atoms with Gasteiger partial charge in [-0.05, 0) is 23.8 Å². The number of amides is 1. The molecule has 0 atom stereocenters. The molecule has 138 valence electrons. The van der Waals surface area contributed by atoms with E-state index < -0.39 is 12.5 Å². The number of hydrogen-bond donors (Lipinski definition) is 1. The molecule has 0 unspecified atom stereocenters. The highest BCUT2D eigenvalue weighted by atomic mass is 35.5. The molecule has 0 spiro atoms. The number of benzene rings is 2. The zero-order valence-electron chi connectivity index (χ0n) is 14.0. The van der Waals surface area contributed by atoms with Crippen LogP contribution in [0.25, 0.3) is 6.08 Å². The number of methoxy groups -OCH3 is 2. The van der Waals surface area contributed by atoms with Crippen molar-refractivity contribution in [2.45, 2.75) is 6.61 Å². The summed E-state index contributed by atoms with van der Waals surface area (Å²) in [6, 6.07) is 8.94. The van der Waals surface area contributed by atoms with Crippen molar-refractivity contribution in [3.05, 3.63) is 53.1 Å². The predicted octanol–water partition coefficient (Wildman–Crippen LogP) is 4.61. The number of nitrogens with one attached hydrogen (secondary N) is 1. The van der Waals surface area contributed by atoms with E-state index in [0.29, 0.717) is 27.8 Å². The molecule has 1 amide bonds. The van der Waals surface area contributed by atoms with Gasteiger partial charge in [0.15, 0.2) is 0 Å². The number of halogens is 3. The van der Waals surface area contributed by atoms with Crippen LogP contribution in [0.2, 0.25) is 5.02 Å². The SMILES string of the molecule is COc1cc(NC(=O)C=Cc2ccc(OC(F)F)cc2)c(OC)cc1Cl. The highest BCUT2D eigenvalue weighted by molar-refractivity contribution is 6.32. The Hall–Kier alpha value is -2.80. The molecular weight excluding hydrogens is 368 g/mol. The van der Waals surface area contributed by atoms with E-state index in [0.717, 1.165) is 0 Å². The lowest BCUT2D eigenvalue weighted by Crippen LogP contribution is -2.09. The van der Waals surface area contributed by atoms with Crippen LogP contribution in [-0.4, -0.2) is 26.7 Å². The van der Waals surface area contributed by atoms with Crippen LogP contribution < -0.4 is 19.5 Å². The normalized spacial score (nSPS) is 10.8. The molecule has 0 saturated heterocycles. The Kier molecular flexibility index (Phi) is 6.80. The van der Waals surface area contributed by atoms with Crippen LogP contribution in [-0.2, 0) is 4.79 Å². The maximum atomic E-state index is 12.1. The van der Waals surface area contributed by atoms with Gasteiger partial charge < -0.3 is 19.5 Å². The first-order chi connectivity index (χ1) is 12.4. The maximum Gasteiger partial charge on any atom is 0.387 e. The summed E-state index contributed by atoms with van der Waals surface area (Å²) < 4.78 is 38.8. The molecule has 2 rings (SSSR count). The van der Waals surface area contributed by atoms with Gasteiger partial charge in [0.25, 0.3) is 0 Å². The Labute approximate surface area is 154 Å². The van der Waals surface area contributed by atoms with Crippen molar-refractivity contribution in [1.29, 1.82) is 0 Å². The molecule has 0 heterocycles. The molecule has 0 saturated carbocycles. The van der Waals surface area contributed by atoms with Crippen LogP contribution in [0, 0.1) is 0 Å². The molecule has 0 fully saturated rings. The summed E-state index contributed by atoms with van der Waals surface area (Å²) >= 11 is 6.01. The quantitative estimate of drug-likeness (QED) is 0.709. The van der Waals surface area contributed by atoms with Gasteiger partial charge in [-0.15, -0.1) is 0 Å². The average molecular weight is 384 g/mol. The first kappa shape index (κ1) is 19.5. The number of hydrogen-bond acceptors (Lipinski definition) is 4. The Balaban J connectivity index is 2.07. The van der Waals surface area contributed by atoms with E-state index in [4.69, 9.17) is 21.1 Å². The summed E-state index contributed by atoms with van der Waals surface area (Å²) in [6.07, 6.45) is 2.82. The molecular formula is C18H16ClF2NO4. The van der Waals surface area contributed by atoms with Crippen LogP contribution in [0.1, 0.15) is 5.56 Å². The van der Waals surface area contributed by atoms with Crippen LogP contribution in [0.3, 0.4) is 0 Å². The highest BCUT2D eigenvalue weighted by Gasteiger charge is 2.11. The molecule has 0 aliphatic carbocycles. The summed E-state index contributed by atoms with van der Waals surface area (Å²) in [5.74, 6) is 0.396. The lowest BCUT2D eigenvalue weighted by atomic mass is 10.2. The Morgan fingerprint density at radius 1 is 1.12 bits per heavy atom. The largest absolute Gasteiger partial charge is 0.495 e. The molecule has 8 heteroatoms. The van der Waals surface area contributed by atoms with Crippen molar-refractivity contribution < 1.29 is 27.8 Å². The first-order valence-electron chi connectivity index (χ1n) is 7.38. The van der Waals surface area contributed by atoms with Gasteiger partial charge in [0.1, 0.15) is 17.2 Å². The minimum atomic E-state index is -2.88. The van der Waals surface area contributed by atoms with Gasteiger partial charge in [-0.2, -0.15) is 8.78 Å². The lowest BCUT2D eigenvalue weighted by molar-refractivity contribution is -0.111. The number of ether oxygens (including phenoxy) is 3. The summed E-state index contributed by atoms with van der Waals surface area (Å²) in [6.45, 7) is -2.88. The number of anilines is 1. The molecule has 0 aromatic heterocycles. The smallest absolute Gasteiger partial charge is 0.387 e. The van der Waals surface area contributed by atoms with Crippen molar-refractivity contribution >= 4 is 29.3 Å². The van der Waals surface area contributed by atoms with Gasteiger partial charge in [0, 0.05) is 18.2 Å². The monoisotopic (exact) mass is 383 g/mol. The Morgan fingerprint density at radius 3 is 2.35 bits per heavy atom. The molecule has 0 aliphatic heterocycles. The van der Waals surface area contributed by atoms with E-state index >= 15 is 0 Å². The fourth-order valence-electron chi connectivity index (χ4n) is 2.06. The van der Waals surface area contributed by atoms with Crippen LogP contribution >= 0.6 is 11.6 Å². The second-order valence-corrected chi connectivity index (χ2v) is 5.36. The molecule has 0 aliphatic rings. The predicted molar refractivity (Wildman–Crippen MR) is 95.3 cm³/mol. The number of carbonyl (C=O) groups excluding carboxylic acids is 1. The van der Waals surface area contributed by atoms with Gasteiger partial charge in [-0.3, -0.25) is 4.79 Å². The van der Waals surface area contributed by atoms with Crippen LogP contribution in [0.5, 0.6) is 17.2 Å². The maximum absolute atomic E-state index is 12.1. The van der Waals surface area contributed by atoms with Gasteiger partial charge in [-0.25, -0.2) is 0 Å². The summed E-state index contributed by atoms with van der Waals surface area (Å²) in [4.78, 5) is 12.1. The zero-order valence-corrected chi connectivity index (χ0v) is 14.7. The molecule has 26 heavy (non-hydrogen) atoms. The van der Waals surface area contributed by atoms with Crippen LogP contribution in [0.4, 0.5) is 14.5 Å². The van der Waals surface area contributed by atoms with Crippen molar-refractivity contribution in [2.75, 3.05) is 19.5 Å². The van der Waals surface area contributed by atoms with Gasteiger partial charge >= 0.3 is 6.61 Å². The van der Waals surface area contributed by atoms with Crippen LogP contribution in [0.15, 0.2) is 42.5 Å². The third kappa shape index (κ3) is 5.35. The van der Waals surface area contributed by atoms with Gasteiger partial charge in [-0.1, -0.05) is 23.7 Å². The molecule has 0 radical (unpaired) electrons. The standard InChI is InChI=1S/C18H16ClF2NO4/c1-24-15-10-14(16(25-2)9-13(15)19)22-17(23)8-5-11-3-6-12(7-4-11)26-18(20)21/h3-10,18H,1-2H3,(H,22,23). The van der Waals surface area contributed by atoms with E-state index in [9.17, 15) is 13.6 Å². The molecule has 2 aromatic carbocycles. The topological polar surface area (TPSA) is 56.8 Å². The minimum absolute atomic E-state index is 0.0413. The number of alkyl halides is 2. The third-order valence-corrected chi connectivity index (χ3v) is 3.56. The van der Waals surface area contributed by atoms with E-state index in [2.05, 4.69) is 10.1 Å². The van der Waals surface area contributed by atoms with Crippen molar-refractivity contribution in [3.63, 3.8) is 0 Å². The second kappa shape index (κ2) is 9.05. The van der Waals surface area contributed by atoms with E-state index in [-0.39, 0.29) is 5.75 Å². The van der Waals surface area contributed by atoms with E-state index in [1.165, 1.54) is 44.6 Å². The summed E-state index contributed by atoms with van der Waals surface area (Å²) in [5, 5.41) is 3.01. The Bertz CT molecular complexity index is 795. The molecule has 1 N–H and O–H groups in total. The first-order valence-corrected chi connectivity index (χ1v) is 7.76. The third-order valence-electron chi connectivity index (χ3n) is 3.26. The van der Waals surface area contributed by atoms with Gasteiger partial charge in [0.05, 0.1) is 24.9 Å². The molecule has 0 bridgehead atoms. The highest BCUT2D eigenvalue weighted by Crippen LogP contribution is 2.35. The minimum Gasteiger partial charge on any atom is -0.495 e.